The molecule has 3 rings (SSSR count). The zero-order valence-electron chi connectivity index (χ0n) is 15.2. The van der Waals surface area contributed by atoms with Gasteiger partial charge in [-0.05, 0) is 67.3 Å². The fourth-order valence-corrected chi connectivity index (χ4v) is 3.68. The van der Waals surface area contributed by atoms with Crippen molar-refractivity contribution in [1.82, 2.24) is 4.98 Å². The highest BCUT2D eigenvalue weighted by atomic mass is 19.1. The van der Waals surface area contributed by atoms with Gasteiger partial charge in [0.25, 0.3) is 5.97 Å². The molecule has 1 saturated carbocycles. The lowest BCUT2D eigenvalue weighted by Crippen LogP contribution is -2.29. The number of halogens is 1. The molecular formula is C20H26FN3O2. The summed E-state index contributed by atoms with van der Waals surface area (Å²) in [7, 11) is 0. The van der Waals surface area contributed by atoms with Crippen molar-refractivity contribution >= 4 is 22.7 Å². The van der Waals surface area contributed by atoms with Crippen LogP contribution in [0.2, 0.25) is 0 Å². The summed E-state index contributed by atoms with van der Waals surface area (Å²) in [5, 5.41) is 16.0. The largest absolute Gasteiger partial charge is 0.481 e. The molecule has 0 saturated heterocycles. The van der Waals surface area contributed by atoms with Gasteiger partial charge in [0, 0.05) is 24.4 Å². The zero-order chi connectivity index (χ0) is 19.3. The molecule has 1 aromatic heterocycles. The first kappa shape index (κ1) is 19.8. The van der Waals surface area contributed by atoms with Gasteiger partial charge in [0.05, 0.1) is 11.4 Å². The maximum Gasteiger partial charge on any atom is 0.300 e. The lowest BCUT2D eigenvalue weighted by molar-refractivity contribution is -0.134. The van der Waals surface area contributed by atoms with Crippen LogP contribution >= 0.6 is 0 Å². The van der Waals surface area contributed by atoms with Gasteiger partial charge in [0.2, 0.25) is 0 Å². The Hall–Kier alpha value is -2.50. The molecule has 5 nitrogen and oxygen atoms in total. The van der Waals surface area contributed by atoms with Crippen molar-refractivity contribution in [2.24, 2.45) is 17.6 Å². The van der Waals surface area contributed by atoms with Crippen LogP contribution in [0.5, 0.6) is 0 Å². The normalized spacial score (nSPS) is 20.7. The number of amidine groups is 1. The molecule has 1 unspecified atom stereocenters. The number of fused-ring (bicyclic) bond motifs is 1. The summed E-state index contributed by atoms with van der Waals surface area (Å²) < 4.78 is 13.6. The highest BCUT2D eigenvalue weighted by Gasteiger charge is 2.28. The predicted molar refractivity (Wildman–Crippen MR) is 101 cm³/mol. The topological polar surface area (TPSA) is 100 Å². The minimum absolute atomic E-state index is 0.160. The molecule has 1 fully saturated rings. The molecule has 1 aromatic carbocycles. The Bertz CT molecular complexity index is 782. The van der Waals surface area contributed by atoms with Crippen molar-refractivity contribution in [3.63, 3.8) is 0 Å². The van der Waals surface area contributed by atoms with Crippen LogP contribution in [0.25, 0.3) is 10.9 Å². The summed E-state index contributed by atoms with van der Waals surface area (Å²) in [5.41, 5.74) is 7.70. The van der Waals surface area contributed by atoms with Crippen molar-refractivity contribution in [1.29, 1.82) is 5.41 Å². The first-order valence-electron chi connectivity index (χ1n) is 8.87. The highest BCUT2D eigenvalue weighted by Crippen LogP contribution is 2.40. The van der Waals surface area contributed by atoms with Gasteiger partial charge in [-0.25, -0.2) is 4.39 Å². The van der Waals surface area contributed by atoms with E-state index in [1.54, 1.807) is 12.1 Å². The number of carboxylic acids is 1. The Morgan fingerprint density at radius 1 is 1.31 bits per heavy atom. The molecule has 2 aromatic rings. The molecule has 0 radical (unpaired) electrons. The SMILES string of the molecule is CC(=O)O.CC(C(=N)N)C1CCC(c2ccnc3ccc(F)cc23)CC1. The van der Waals surface area contributed by atoms with Crippen molar-refractivity contribution in [3.05, 3.63) is 41.8 Å². The van der Waals surface area contributed by atoms with Crippen molar-refractivity contribution in [2.75, 3.05) is 0 Å². The molecule has 140 valence electrons. The molecular weight excluding hydrogens is 333 g/mol. The third-order valence-electron chi connectivity index (χ3n) is 5.15. The number of aromatic nitrogens is 1. The Morgan fingerprint density at radius 3 is 2.50 bits per heavy atom. The number of nitrogens with zero attached hydrogens (tertiary/aromatic N) is 1. The number of nitrogens with two attached hydrogens (primary N) is 1. The number of carbonyl (C=O) groups is 1. The minimum atomic E-state index is -0.833. The molecule has 26 heavy (non-hydrogen) atoms. The van der Waals surface area contributed by atoms with Gasteiger partial charge in [-0.2, -0.15) is 0 Å². The third-order valence-corrected chi connectivity index (χ3v) is 5.15. The molecule has 0 spiro atoms. The minimum Gasteiger partial charge on any atom is -0.481 e. The molecule has 1 heterocycles. The van der Waals surface area contributed by atoms with Crippen LogP contribution in [0.3, 0.4) is 0 Å². The van der Waals surface area contributed by atoms with E-state index in [-0.39, 0.29) is 11.7 Å². The van der Waals surface area contributed by atoms with E-state index >= 15 is 0 Å². The standard InChI is InChI=1S/C18H22FN3.C2H4O2/c1-11(18(20)21)12-2-4-13(5-3-12)15-8-9-22-17-7-6-14(19)10-16(15)17;1-2(3)4/h6-13H,2-5H2,1H3,(H3,20,21);1H3,(H,3,4). The van der Waals surface area contributed by atoms with Crippen molar-refractivity contribution in [2.45, 2.75) is 45.4 Å². The predicted octanol–water partition coefficient (Wildman–Crippen LogP) is 4.31. The first-order chi connectivity index (χ1) is 12.3. The van der Waals surface area contributed by atoms with Crippen LogP contribution < -0.4 is 5.73 Å². The molecule has 1 atom stereocenters. The zero-order valence-corrected chi connectivity index (χ0v) is 15.2. The number of pyridine rings is 1. The summed E-state index contributed by atoms with van der Waals surface area (Å²) in [6.45, 7) is 3.13. The van der Waals surface area contributed by atoms with Gasteiger partial charge in [-0.3, -0.25) is 15.2 Å². The second-order valence-corrected chi connectivity index (χ2v) is 6.94. The molecule has 4 N–H and O–H groups in total. The van der Waals surface area contributed by atoms with Gasteiger partial charge >= 0.3 is 0 Å². The maximum atomic E-state index is 13.6. The second-order valence-electron chi connectivity index (χ2n) is 6.94. The van der Waals surface area contributed by atoms with Gasteiger partial charge in [-0.1, -0.05) is 6.92 Å². The molecule has 0 aliphatic heterocycles. The number of carboxylic acid groups (broad SMARTS) is 1. The molecule has 0 amide bonds. The number of hydrogen-bond donors (Lipinski definition) is 3. The summed E-state index contributed by atoms with van der Waals surface area (Å²) in [4.78, 5) is 13.3. The fraction of sp³-hybridized carbons (Fsp3) is 0.450. The number of hydrogen-bond acceptors (Lipinski definition) is 3. The van der Waals surface area contributed by atoms with Crippen LogP contribution in [0, 0.1) is 23.1 Å². The Morgan fingerprint density at radius 2 is 1.92 bits per heavy atom. The quantitative estimate of drug-likeness (QED) is 0.561. The van der Waals surface area contributed by atoms with Crippen LogP contribution in [-0.2, 0) is 4.79 Å². The van der Waals surface area contributed by atoms with Crippen LogP contribution in [-0.4, -0.2) is 21.9 Å². The van der Waals surface area contributed by atoms with Crippen LogP contribution in [0.1, 0.15) is 51.0 Å². The van der Waals surface area contributed by atoms with E-state index in [1.807, 2.05) is 19.2 Å². The highest BCUT2D eigenvalue weighted by molar-refractivity contribution is 5.82. The number of aliphatic carboxylic acids is 1. The molecule has 1 aliphatic carbocycles. The summed E-state index contributed by atoms with van der Waals surface area (Å²) in [6.07, 6.45) is 6.10. The fourth-order valence-electron chi connectivity index (χ4n) is 3.68. The van der Waals surface area contributed by atoms with Gasteiger partial charge in [0.1, 0.15) is 5.82 Å². The average Bonchev–Trinajstić information content (AvgIpc) is 2.60. The lowest BCUT2D eigenvalue weighted by atomic mass is 9.73. The van der Waals surface area contributed by atoms with E-state index < -0.39 is 5.97 Å². The summed E-state index contributed by atoms with van der Waals surface area (Å²) in [6, 6.07) is 6.84. The van der Waals surface area contributed by atoms with E-state index in [4.69, 9.17) is 21.0 Å². The Labute approximate surface area is 152 Å². The van der Waals surface area contributed by atoms with Gasteiger partial charge < -0.3 is 10.8 Å². The molecule has 1 aliphatic rings. The van der Waals surface area contributed by atoms with Crippen LogP contribution in [0.4, 0.5) is 4.39 Å². The summed E-state index contributed by atoms with van der Waals surface area (Å²) in [5.74, 6) is 0.356. The van der Waals surface area contributed by atoms with Crippen molar-refractivity contribution < 1.29 is 14.3 Å². The number of rotatable bonds is 3. The van der Waals surface area contributed by atoms with E-state index in [0.717, 1.165) is 43.5 Å². The summed E-state index contributed by atoms with van der Waals surface area (Å²) >= 11 is 0. The maximum absolute atomic E-state index is 13.6. The smallest absolute Gasteiger partial charge is 0.300 e. The second kappa shape index (κ2) is 8.74. The first-order valence-corrected chi connectivity index (χ1v) is 8.87. The Kier molecular flexibility index (Phi) is 6.66. The molecule has 6 heteroatoms. The third kappa shape index (κ3) is 5.00. The monoisotopic (exact) mass is 359 g/mol. The Balaban J connectivity index is 0.000000552. The van der Waals surface area contributed by atoms with Crippen molar-refractivity contribution in [3.8, 4) is 0 Å². The van der Waals surface area contributed by atoms with Gasteiger partial charge in [0.15, 0.2) is 0 Å². The van der Waals surface area contributed by atoms with Gasteiger partial charge in [-0.15, -0.1) is 0 Å². The lowest BCUT2D eigenvalue weighted by Gasteiger charge is -2.32. The van der Waals surface area contributed by atoms with E-state index in [2.05, 4.69) is 4.98 Å². The molecule has 0 bridgehead atoms. The van der Waals surface area contributed by atoms with E-state index in [1.165, 1.54) is 11.6 Å². The van der Waals surface area contributed by atoms with Crippen LogP contribution in [0.15, 0.2) is 30.5 Å². The number of nitrogens with one attached hydrogen (secondary N) is 1. The number of benzene rings is 1. The van der Waals surface area contributed by atoms with E-state index in [9.17, 15) is 4.39 Å². The van der Waals surface area contributed by atoms with E-state index in [0.29, 0.717) is 17.7 Å². The average molecular weight is 359 g/mol.